The van der Waals surface area contributed by atoms with Crippen LogP contribution in [-0.2, 0) is 4.79 Å². The number of hydrazone groups is 1. The molecule has 3 aromatic rings. The Kier molecular flexibility index (Phi) is 6.58. The number of halogens is 2. The van der Waals surface area contributed by atoms with E-state index < -0.39 is 12.1 Å². The van der Waals surface area contributed by atoms with Crippen molar-refractivity contribution in [2.24, 2.45) is 0 Å². The molecule has 2 N–H and O–H groups in total. The average Bonchev–Trinajstić information content (AvgIpc) is 3.10. The Morgan fingerprint density at radius 3 is 2.34 bits per heavy atom. The van der Waals surface area contributed by atoms with Crippen LogP contribution in [0.1, 0.15) is 27.5 Å². The normalized spacial score (nSPS) is 19.0. The molecule has 6 nitrogen and oxygen atoms in total. The monoisotopic (exact) mass is 512 g/mol. The van der Waals surface area contributed by atoms with Gasteiger partial charge in [-0.25, -0.2) is 0 Å². The molecule has 0 aromatic heterocycles. The fourth-order valence-electron chi connectivity index (χ4n) is 3.52. The van der Waals surface area contributed by atoms with Gasteiger partial charge in [0.2, 0.25) is 12.3 Å². The molecule has 0 unspecified atom stereocenters. The zero-order valence-corrected chi connectivity index (χ0v) is 19.4. The molecule has 162 valence electrons. The summed E-state index contributed by atoms with van der Waals surface area (Å²) in [6.07, 6.45) is 1.84. The van der Waals surface area contributed by atoms with Crippen molar-refractivity contribution in [2.75, 3.05) is 7.11 Å². The molecule has 0 aliphatic carbocycles. The zero-order chi connectivity index (χ0) is 22.7. The second-order valence-electron chi connectivity index (χ2n) is 7.24. The lowest BCUT2D eigenvalue weighted by atomic mass is 9.99. The zero-order valence-electron chi connectivity index (χ0n) is 17.1. The summed E-state index contributed by atoms with van der Waals surface area (Å²) in [6, 6.07) is 20.4. The number of amides is 2. The van der Waals surface area contributed by atoms with Crippen molar-refractivity contribution in [3.63, 3.8) is 0 Å². The van der Waals surface area contributed by atoms with Crippen molar-refractivity contribution in [1.29, 1.82) is 0 Å². The van der Waals surface area contributed by atoms with E-state index in [0.717, 1.165) is 15.6 Å². The number of benzene rings is 3. The van der Waals surface area contributed by atoms with E-state index in [1.165, 1.54) is 0 Å². The minimum Gasteiger partial charge on any atom is -0.497 e. The van der Waals surface area contributed by atoms with Crippen LogP contribution < -0.4 is 15.5 Å². The van der Waals surface area contributed by atoms with Gasteiger partial charge in [-0.15, -0.1) is 10.1 Å². The molecule has 0 radical (unpaired) electrons. The highest BCUT2D eigenvalue weighted by atomic mass is 79.9. The van der Waals surface area contributed by atoms with E-state index in [2.05, 4.69) is 26.7 Å². The molecule has 2 atom stereocenters. The largest absolute Gasteiger partial charge is 0.497 e. The van der Waals surface area contributed by atoms with Gasteiger partial charge in [-0.2, -0.15) is 0 Å². The van der Waals surface area contributed by atoms with E-state index in [-0.39, 0.29) is 11.8 Å². The number of nitrogens with zero attached hydrogens (tertiary/aromatic N) is 1. The van der Waals surface area contributed by atoms with E-state index in [1.807, 2.05) is 54.7 Å². The smallest absolute Gasteiger partial charge is 0.304 e. The Bertz CT molecular complexity index is 1160. The van der Waals surface area contributed by atoms with E-state index in [4.69, 9.17) is 16.3 Å². The van der Waals surface area contributed by atoms with Gasteiger partial charge in [0.25, 0.3) is 5.91 Å². The third-order valence-corrected chi connectivity index (χ3v) is 5.93. The Hall–Kier alpha value is -3.16. The lowest BCUT2D eigenvalue weighted by molar-refractivity contribution is -0.596. The molecule has 32 heavy (non-hydrogen) atoms. The second-order valence-corrected chi connectivity index (χ2v) is 8.59. The van der Waals surface area contributed by atoms with Crippen LogP contribution in [0.15, 0.2) is 77.3 Å². The Morgan fingerprint density at radius 1 is 1.06 bits per heavy atom. The first-order valence-corrected chi connectivity index (χ1v) is 11.0. The highest BCUT2D eigenvalue weighted by Gasteiger charge is 2.47. The predicted molar refractivity (Wildman–Crippen MR) is 126 cm³/mol. The number of methoxy groups -OCH3 is 1. The first-order chi connectivity index (χ1) is 15.4. The fourth-order valence-corrected chi connectivity index (χ4v) is 3.91. The van der Waals surface area contributed by atoms with Crippen molar-refractivity contribution >= 4 is 45.6 Å². The second kappa shape index (κ2) is 9.54. The van der Waals surface area contributed by atoms with Gasteiger partial charge in [-0.3, -0.25) is 9.59 Å². The molecule has 1 heterocycles. The molecule has 0 spiro atoms. The molecule has 1 fully saturated rings. The molecule has 1 aliphatic heterocycles. The first-order valence-electron chi connectivity index (χ1n) is 9.84. The van der Waals surface area contributed by atoms with Gasteiger partial charge in [0.1, 0.15) is 5.75 Å². The van der Waals surface area contributed by atoms with E-state index >= 15 is 0 Å². The minimum absolute atomic E-state index is 0.304. The summed E-state index contributed by atoms with van der Waals surface area (Å²) in [6.45, 7) is 0. The Labute approximate surface area is 199 Å². The first kappa shape index (κ1) is 22.0. The highest BCUT2D eigenvalue weighted by molar-refractivity contribution is 9.10. The number of hydrogen-bond acceptors (Lipinski definition) is 3. The van der Waals surface area contributed by atoms with Gasteiger partial charge >= 0.3 is 5.91 Å². The molecule has 4 rings (SSSR count). The number of carbonyl (C=O) groups excluding carboxylic acids is 2. The summed E-state index contributed by atoms with van der Waals surface area (Å²) in [5, 5.41) is 3.41. The Morgan fingerprint density at radius 2 is 1.72 bits per heavy atom. The van der Waals surface area contributed by atoms with Crippen molar-refractivity contribution < 1.29 is 19.0 Å². The molecular weight excluding hydrogens is 494 g/mol. The third-order valence-electron chi connectivity index (χ3n) is 5.15. The molecule has 2 amide bonds. The van der Waals surface area contributed by atoms with Crippen molar-refractivity contribution in [3.05, 3.63) is 99.0 Å². The summed E-state index contributed by atoms with van der Waals surface area (Å²) in [5.74, 6) is 0.0449. The number of rotatable bonds is 5. The van der Waals surface area contributed by atoms with Crippen LogP contribution in [0.2, 0.25) is 5.02 Å². The van der Waals surface area contributed by atoms with Gasteiger partial charge in [0.15, 0.2) is 6.04 Å². The van der Waals surface area contributed by atoms with Crippen LogP contribution in [0.4, 0.5) is 0 Å². The molecule has 3 aromatic carbocycles. The summed E-state index contributed by atoms with van der Waals surface area (Å²) < 4.78 is 7.94. The average molecular weight is 514 g/mol. The maximum absolute atomic E-state index is 12.9. The van der Waals surface area contributed by atoms with Crippen LogP contribution in [0.3, 0.4) is 0 Å². The lowest BCUT2D eigenvalue weighted by Gasteiger charge is -2.15. The third kappa shape index (κ3) is 4.84. The number of carbonyl (C=O) groups is 2. The minimum atomic E-state index is -0.807. The summed E-state index contributed by atoms with van der Waals surface area (Å²) in [7, 11) is 1.60. The molecular formula is C24H20BrClN3O3+. The number of nitrogens with one attached hydrogen (secondary N) is 2. The quantitative estimate of drug-likeness (QED) is 0.504. The van der Waals surface area contributed by atoms with Crippen LogP contribution >= 0.6 is 27.5 Å². The number of ether oxygens (including phenoxy) is 1. The van der Waals surface area contributed by atoms with Crippen LogP contribution in [0, 0.1) is 0 Å². The highest BCUT2D eigenvalue weighted by Crippen LogP contribution is 2.27. The van der Waals surface area contributed by atoms with Gasteiger partial charge in [0, 0.05) is 26.2 Å². The molecule has 0 saturated carbocycles. The van der Waals surface area contributed by atoms with E-state index in [9.17, 15) is 9.59 Å². The van der Waals surface area contributed by atoms with Crippen LogP contribution in [0.25, 0.3) is 0 Å². The lowest BCUT2D eigenvalue weighted by Crippen LogP contribution is -2.42. The van der Waals surface area contributed by atoms with Crippen molar-refractivity contribution in [2.45, 2.75) is 12.1 Å². The van der Waals surface area contributed by atoms with Crippen LogP contribution in [0.5, 0.6) is 5.75 Å². The summed E-state index contributed by atoms with van der Waals surface area (Å²) in [4.78, 5) is 25.8. The van der Waals surface area contributed by atoms with Gasteiger partial charge in [-0.05, 0) is 72.8 Å². The predicted octanol–water partition coefficient (Wildman–Crippen LogP) is 4.13. The molecule has 1 aliphatic rings. The van der Waals surface area contributed by atoms with Crippen LogP contribution in [-0.4, -0.2) is 35.9 Å². The van der Waals surface area contributed by atoms with E-state index in [0.29, 0.717) is 16.3 Å². The topological polar surface area (TPSA) is 70.4 Å². The fraction of sp³-hybridized carbons (Fsp3) is 0.125. The van der Waals surface area contributed by atoms with E-state index in [1.54, 1.807) is 36.1 Å². The maximum Gasteiger partial charge on any atom is 0.304 e. The van der Waals surface area contributed by atoms with Gasteiger partial charge in [0.05, 0.1) is 7.11 Å². The SMILES string of the molecule is COc1ccc([C@H]2[C@H](NC(=O)c3ccc(Cl)cc3)C(=O)N/[N+]2=C\c2ccc(Br)cc2)cc1. The summed E-state index contributed by atoms with van der Waals surface area (Å²) in [5.41, 5.74) is 5.04. The van der Waals surface area contributed by atoms with Gasteiger partial charge < -0.3 is 10.1 Å². The Balaban J connectivity index is 1.69. The molecule has 0 bridgehead atoms. The van der Waals surface area contributed by atoms with Crippen molar-refractivity contribution in [3.8, 4) is 5.75 Å². The molecule has 1 saturated heterocycles. The van der Waals surface area contributed by atoms with Gasteiger partial charge in [-0.1, -0.05) is 27.5 Å². The number of hydrogen-bond donors (Lipinski definition) is 2. The maximum atomic E-state index is 12.9. The molecule has 8 heteroatoms. The number of hydrazine groups is 1. The van der Waals surface area contributed by atoms with Crippen molar-refractivity contribution in [1.82, 2.24) is 10.7 Å². The standard InChI is InChI=1S/C24H19BrClN3O3/c1-32-20-12-6-16(7-13-20)22-21(27-23(30)17-4-10-19(26)11-5-17)24(31)28-29(22)14-15-2-8-18(25)9-3-15/h2-14,21-22H,1H3,(H-,27,28,30,31)/p+1/b29-14-/t21-,22-/m0/s1. The summed E-state index contributed by atoms with van der Waals surface area (Å²) >= 11 is 9.35.